The van der Waals surface area contributed by atoms with E-state index >= 15 is 0 Å². The van der Waals surface area contributed by atoms with Crippen molar-refractivity contribution in [2.24, 2.45) is 11.8 Å². The van der Waals surface area contributed by atoms with Crippen LogP contribution in [0.25, 0.3) is 0 Å². The molecular weight excluding hydrogens is 300 g/mol. The van der Waals surface area contributed by atoms with E-state index < -0.39 is 0 Å². The van der Waals surface area contributed by atoms with Gasteiger partial charge in [0, 0.05) is 11.7 Å². The van der Waals surface area contributed by atoms with Crippen LogP contribution < -0.4 is 10.6 Å². The Morgan fingerprint density at radius 2 is 1.42 bits per heavy atom. The van der Waals surface area contributed by atoms with E-state index in [1.807, 2.05) is 13.8 Å². The second kappa shape index (κ2) is 7.37. The van der Waals surface area contributed by atoms with E-state index in [9.17, 15) is 9.59 Å². The Bertz CT molecular complexity index is 594. The predicted molar refractivity (Wildman–Crippen MR) is 98.1 cm³/mol. The molecule has 1 fully saturated rings. The first-order valence-corrected chi connectivity index (χ1v) is 8.96. The highest BCUT2D eigenvalue weighted by molar-refractivity contribution is 6.00. The van der Waals surface area contributed by atoms with Crippen LogP contribution in [0.5, 0.6) is 0 Å². The summed E-state index contributed by atoms with van der Waals surface area (Å²) in [5.41, 5.74) is 3.24. The SMILES string of the molecule is CC(C)NC(=O)C1CC1C(=O)Nc1c(C(C)C)cccc1C(C)C. The third-order valence-corrected chi connectivity index (χ3v) is 4.52. The molecule has 132 valence electrons. The smallest absolute Gasteiger partial charge is 0.228 e. The molecule has 1 aliphatic rings. The van der Waals surface area contributed by atoms with Crippen molar-refractivity contribution in [2.45, 2.75) is 65.8 Å². The number of anilines is 1. The van der Waals surface area contributed by atoms with Gasteiger partial charge in [-0.3, -0.25) is 9.59 Å². The molecule has 2 amide bonds. The van der Waals surface area contributed by atoms with Gasteiger partial charge in [0.05, 0.1) is 11.8 Å². The highest BCUT2D eigenvalue weighted by Gasteiger charge is 2.48. The summed E-state index contributed by atoms with van der Waals surface area (Å²) in [6, 6.07) is 6.30. The summed E-state index contributed by atoms with van der Waals surface area (Å²) < 4.78 is 0. The van der Waals surface area contributed by atoms with Gasteiger partial charge in [-0.2, -0.15) is 0 Å². The first-order valence-electron chi connectivity index (χ1n) is 8.96. The van der Waals surface area contributed by atoms with Gasteiger partial charge in [0.15, 0.2) is 0 Å². The van der Waals surface area contributed by atoms with Crippen LogP contribution in [0.4, 0.5) is 5.69 Å². The summed E-state index contributed by atoms with van der Waals surface area (Å²) >= 11 is 0. The molecule has 2 unspecified atom stereocenters. The Balaban J connectivity index is 2.14. The molecule has 2 atom stereocenters. The summed E-state index contributed by atoms with van der Waals surface area (Å²) in [6.07, 6.45) is 0.644. The Hall–Kier alpha value is -1.84. The molecule has 0 radical (unpaired) electrons. The quantitative estimate of drug-likeness (QED) is 0.827. The molecule has 0 aliphatic heterocycles. The van der Waals surface area contributed by atoms with Crippen molar-refractivity contribution in [3.8, 4) is 0 Å². The third kappa shape index (κ3) is 4.16. The van der Waals surface area contributed by atoms with Gasteiger partial charge in [-0.25, -0.2) is 0 Å². The van der Waals surface area contributed by atoms with Gasteiger partial charge in [0.1, 0.15) is 0 Å². The molecule has 2 rings (SSSR count). The zero-order valence-electron chi connectivity index (χ0n) is 15.6. The van der Waals surface area contributed by atoms with Gasteiger partial charge >= 0.3 is 0 Å². The number of carbonyl (C=O) groups excluding carboxylic acids is 2. The molecule has 2 N–H and O–H groups in total. The lowest BCUT2D eigenvalue weighted by Crippen LogP contribution is -2.32. The Kier molecular flexibility index (Phi) is 5.68. The normalized spacial score (nSPS) is 19.7. The van der Waals surface area contributed by atoms with Crippen LogP contribution in [0.1, 0.15) is 70.9 Å². The number of para-hydroxylation sites is 1. The Labute approximate surface area is 145 Å². The van der Waals surface area contributed by atoms with E-state index in [1.165, 1.54) is 0 Å². The lowest BCUT2D eigenvalue weighted by atomic mass is 9.92. The second-order valence-corrected chi connectivity index (χ2v) is 7.72. The number of nitrogens with one attached hydrogen (secondary N) is 2. The average Bonchev–Trinajstić information content (AvgIpc) is 3.26. The van der Waals surface area contributed by atoms with E-state index in [0.29, 0.717) is 18.3 Å². The zero-order valence-corrected chi connectivity index (χ0v) is 15.6. The maximum atomic E-state index is 12.6. The van der Waals surface area contributed by atoms with Gasteiger partial charge in [-0.05, 0) is 43.2 Å². The summed E-state index contributed by atoms with van der Waals surface area (Å²) in [5, 5.41) is 6.02. The lowest BCUT2D eigenvalue weighted by Gasteiger charge is -2.20. The minimum atomic E-state index is -0.205. The van der Waals surface area contributed by atoms with Crippen LogP contribution in [0.15, 0.2) is 18.2 Å². The standard InChI is InChI=1S/C20H30N2O2/c1-11(2)14-8-7-9-15(12(3)4)18(14)22-20(24)17-10-16(17)19(23)21-13(5)6/h7-9,11-13,16-17H,10H2,1-6H3,(H,21,23)(H,22,24). The summed E-state index contributed by atoms with van der Waals surface area (Å²) in [7, 11) is 0. The first-order chi connectivity index (χ1) is 11.2. The molecule has 4 heteroatoms. The van der Waals surface area contributed by atoms with Gasteiger partial charge in [0.2, 0.25) is 11.8 Å². The summed E-state index contributed by atoms with van der Waals surface area (Å²) in [4.78, 5) is 24.7. The third-order valence-electron chi connectivity index (χ3n) is 4.52. The number of carbonyl (C=O) groups is 2. The molecule has 24 heavy (non-hydrogen) atoms. The zero-order chi connectivity index (χ0) is 18.0. The molecule has 4 nitrogen and oxygen atoms in total. The number of benzene rings is 1. The molecule has 1 saturated carbocycles. The van der Waals surface area contributed by atoms with Gasteiger partial charge in [0.25, 0.3) is 0 Å². The topological polar surface area (TPSA) is 58.2 Å². The van der Waals surface area contributed by atoms with Crippen LogP contribution in [-0.4, -0.2) is 17.9 Å². The number of amides is 2. The molecule has 0 saturated heterocycles. The largest absolute Gasteiger partial charge is 0.354 e. The van der Waals surface area contributed by atoms with E-state index in [0.717, 1.165) is 16.8 Å². The average molecular weight is 330 g/mol. The highest BCUT2D eigenvalue weighted by atomic mass is 16.2. The van der Waals surface area contributed by atoms with E-state index in [4.69, 9.17) is 0 Å². The molecule has 0 heterocycles. The van der Waals surface area contributed by atoms with Crippen LogP contribution in [0.2, 0.25) is 0 Å². The molecule has 1 aromatic carbocycles. The Morgan fingerprint density at radius 3 is 1.88 bits per heavy atom. The van der Waals surface area contributed by atoms with Crippen LogP contribution >= 0.6 is 0 Å². The highest BCUT2D eigenvalue weighted by Crippen LogP contribution is 2.41. The fourth-order valence-electron chi connectivity index (χ4n) is 3.08. The fourth-order valence-corrected chi connectivity index (χ4v) is 3.08. The molecule has 1 aliphatic carbocycles. The minimum absolute atomic E-state index is 0.00798. The van der Waals surface area contributed by atoms with Crippen molar-refractivity contribution in [1.82, 2.24) is 5.32 Å². The van der Waals surface area contributed by atoms with Crippen LogP contribution in [0.3, 0.4) is 0 Å². The maximum absolute atomic E-state index is 12.6. The number of hydrogen-bond donors (Lipinski definition) is 2. The van der Waals surface area contributed by atoms with Crippen molar-refractivity contribution in [3.63, 3.8) is 0 Å². The van der Waals surface area contributed by atoms with Gasteiger partial charge in [-0.15, -0.1) is 0 Å². The van der Waals surface area contributed by atoms with Crippen LogP contribution in [-0.2, 0) is 9.59 Å². The summed E-state index contributed by atoms with van der Waals surface area (Å²) in [6.45, 7) is 12.4. The molecule has 0 aromatic heterocycles. The number of rotatable bonds is 6. The molecule has 1 aromatic rings. The summed E-state index contributed by atoms with van der Waals surface area (Å²) in [5.74, 6) is 0.238. The van der Waals surface area contributed by atoms with E-state index in [-0.39, 0.29) is 29.7 Å². The van der Waals surface area contributed by atoms with Crippen molar-refractivity contribution < 1.29 is 9.59 Å². The fraction of sp³-hybridized carbons (Fsp3) is 0.600. The predicted octanol–water partition coefficient (Wildman–Crippen LogP) is 4.03. The minimum Gasteiger partial charge on any atom is -0.354 e. The Morgan fingerprint density at radius 1 is 0.917 bits per heavy atom. The van der Waals surface area contributed by atoms with Crippen molar-refractivity contribution in [2.75, 3.05) is 5.32 Å². The second-order valence-electron chi connectivity index (χ2n) is 7.72. The maximum Gasteiger partial charge on any atom is 0.228 e. The molecule has 0 spiro atoms. The lowest BCUT2D eigenvalue weighted by molar-refractivity contribution is -0.125. The molecular formula is C20H30N2O2. The van der Waals surface area contributed by atoms with E-state index in [2.05, 4.69) is 56.5 Å². The van der Waals surface area contributed by atoms with Gasteiger partial charge in [-0.1, -0.05) is 45.9 Å². The van der Waals surface area contributed by atoms with Crippen molar-refractivity contribution >= 4 is 17.5 Å². The van der Waals surface area contributed by atoms with E-state index in [1.54, 1.807) is 0 Å². The first kappa shape index (κ1) is 18.5. The number of hydrogen-bond acceptors (Lipinski definition) is 2. The van der Waals surface area contributed by atoms with Crippen LogP contribution in [0, 0.1) is 11.8 Å². The van der Waals surface area contributed by atoms with Gasteiger partial charge < -0.3 is 10.6 Å². The molecule has 0 bridgehead atoms. The monoisotopic (exact) mass is 330 g/mol. The van der Waals surface area contributed by atoms with Crippen molar-refractivity contribution in [1.29, 1.82) is 0 Å². The van der Waals surface area contributed by atoms with Crippen molar-refractivity contribution in [3.05, 3.63) is 29.3 Å².